The maximum absolute atomic E-state index is 11.7. The smallest absolute Gasteiger partial charge is 0.162 e. The van der Waals surface area contributed by atoms with Gasteiger partial charge in [0, 0.05) is 44.2 Å². The van der Waals surface area contributed by atoms with E-state index in [-0.39, 0.29) is 43.5 Å². The largest absolute Gasteiger partial charge is 0.512 e. The number of hydrogen-bond acceptors (Lipinski definition) is 3. The van der Waals surface area contributed by atoms with Gasteiger partial charge in [-0.3, -0.25) is 4.79 Å². The molecule has 0 unspecified atom stereocenters. The van der Waals surface area contributed by atoms with Crippen LogP contribution in [0.2, 0.25) is 0 Å². The molecule has 0 atom stereocenters. The molecule has 225 valence electrons. The average molecular weight is 749 g/mol. The van der Waals surface area contributed by atoms with Gasteiger partial charge in [-0.1, -0.05) is 88.4 Å². The normalized spacial score (nSPS) is 11.4. The molecule has 0 spiro atoms. The van der Waals surface area contributed by atoms with Crippen LogP contribution in [0.15, 0.2) is 103 Å². The van der Waals surface area contributed by atoms with Crippen LogP contribution in [0.3, 0.4) is 0 Å². The average Bonchev–Trinajstić information content (AvgIpc) is 3.02. The fourth-order valence-electron chi connectivity index (χ4n) is 5.48. The first-order chi connectivity index (χ1) is 20.4. The molecule has 5 rings (SSSR count). The van der Waals surface area contributed by atoms with E-state index in [0.717, 1.165) is 42.5 Å². The zero-order chi connectivity index (χ0) is 30.1. The van der Waals surface area contributed by atoms with E-state index in [1.54, 1.807) is 0 Å². The second kappa shape index (κ2) is 16.3. The Morgan fingerprint density at radius 3 is 2.07 bits per heavy atom. The summed E-state index contributed by atoms with van der Waals surface area (Å²) in [6.45, 7) is 10.1. The number of nitrogens with zero attached hydrogens (tertiary/aromatic N) is 1. The molecule has 0 aliphatic heterocycles. The molecule has 5 aromatic rings. The van der Waals surface area contributed by atoms with Crippen LogP contribution in [0.5, 0.6) is 0 Å². The van der Waals surface area contributed by atoms with Gasteiger partial charge in [-0.15, -0.1) is 35.4 Å². The predicted molar refractivity (Wildman–Crippen MR) is 178 cm³/mol. The Kier molecular flexibility index (Phi) is 12.9. The van der Waals surface area contributed by atoms with Crippen molar-refractivity contribution in [3.63, 3.8) is 0 Å². The monoisotopic (exact) mass is 749 g/mol. The molecule has 1 heterocycles. The molecule has 0 bridgehead atoms. The summed E-state index contributed by atoms with van der Waals surface area (Å²) in [4.78, 5) is 16.3. The van der Waals surface area contributed by atoms with Gasteiger partial charge in [-0.2, -0.15) is 0 Å². The summed E-state index contributed by atoms with van der Waals surface area (Å²) in [6.07, 6.45) is 6.81. The Labute approximate surface area is 270 Å². The van der Waals surface area contributed by atoms with Gasteiger partial charge in [-0.05, 0) is 77.0 Å². The number of pyridine rings is 1. The van der Waals surface area contributed by atoms with Crippen LogP contribution in [-0.4, -0.2) is 15.9 Å². The molecule has 4 aromatic carbocycles. The minimum Gasteiger partial charge on any atom is -0.512 e. The van der Waals surface area contributed by atoms with Crippen LogP contribution in [0.1, 0.15) is 58.9 Å². The minimum atomic E-state index is 0. The van der Waals surface area contributed by atoms with E-state index in [2.05, 4.69) is 96.8 Å². The quantitative estimate of drug-likeness (QED) is 0.0707. The zero-order valence-corrected chi connectivity index (χ0v) is 28.3. The number of aliphatic hydroxyl groups excluding tert-OH is 1. The molecule has 0 aliphatic rings. The van der Waals surface area contributed by atoms with Crippen molar-refractivity contribution in [3.8, 4) is 22.4 Å². The molecular formula is C39H42IrNO2-. The van der Waals surface area contributed by atoms with E-state index in [0.29, 0.717) is 0 Å². The molecule has 1 radical (unpaired) electrons. The summed E-state index contributed by atoms with van der Waals surface area (Å²) >= 11 is 0. The minimum absolute atomic E-state index is 0. The van der Waals surface area contributed by atoms with E-state index >= 15 is 0 Å². The Morgan fingerprint density at radius 1 is 0.814 bits per heavy atom. The van der Waals surface area contributed by atoms with Crippen molar-refractivity contribution < 1.29 is 30.0 Å². The summed E-state index contributed by atoms with van der Waals surface area (Å²) in [7, 11) is 0. The molecule has 1 N–H and O–H groups in total. The summed E-state index contributed by atoms with van der Waals surface area (Å²) in [6, 6.07) is 33.3. The summed E-state index contributed by atoms with van der Waals surface area (Å²) in [5.74, 6) is 0.547. The van der Waals surface area contributed by atoms with Crippen molar-refractivity contribution >= 4 is 27.3 Å². The van der Waals surface area contributed by atoms with Gasteiger partial charge in [0.2, 0.25) is 0 Å². The Balaban J connectivity index is 0.000000274. The van der Waals surface area contributed by atoms with Crippen molar-refractivity contribution in [3.05, 3.63) is 115 Å². The molecule has 0 amide bonds. The van der Waals surface area contributed by atoms with Gasteiger partial charge in [0.15, 0.2) is 5.78 Å². The molecule has 0 aliphatic carbocycles. The number of aromatic nitrogens is 1. The van der Waals surface area contributed by atoms with Crippen LogP contribution < -0.4 is 0 Å². The van der Waals surface area contributed by atoms with Gasteiger partial charge in [0.1, 0.15) is 0 Å². The first-order valence-electron chi connectivity index (χ1n) is 15.2. The molecule has 0 saturated carbocycles. The van der Waals surface area contributed by atoms with Crippen LogP contribution in [-0.2, 0) is 24.9 Å². The van der Waals surface area contributed by atoms with Crippen LogP contribution in [0, 0.1) is 24.8 Å². The molecule has 3 nitrogen and oxygen atoms in total. The van der Waals surface area contributed by atoms with Gasteiger partial charge in [0.25, 0.3) is 0 Å². The van der Waals surface area contributed by atoms with Crippen molar-refractivity contribution in [2.45, 2.75) is 60.3 Å². The Morgan fingerprint density at radius 2 is 1.44 bits per heavy atom. The SMILES string of the molecule is CCC(CC)C(=O)/C=C(\O)C(CC)CC.Cc1ccc(-c2[c-]ccc(-c3cc4ccccc4c4ccccc34)c2)nc1.[Ir]. The number of allylic oxidation sites excluding steroid dienone is 2. The summed E-state index contributed by atoms with van der Waals surface area (Å²) in [5, 5.41) is 14.9. The number of hydrogen-bond donors (Lipinski definition) is 1. The van der Waals surface area contributed by atoms with Crippen LogP contribution in [0.4, 0.5) is 0 Å². The van der Waals surface area contributed by atoms with E-state index in [9.17, 15) is 9.90 Å². The van der Waals surface area contributed by atoms with Gasteiger partial charge in [-0.25, -0.2) is 0 Å². The predicted octanol–water partition coefficient (Wildman–Crippen LogP) is 10.7. The van der Waals surface area contributed by atoms with Crippen molar-refractivity contribution in [2.24, 2.45) is 11.8 Å². The fraction of sp³-hybridized carbons (Fsp3) is 0.282. The van der Waals surface area contributed by atoms with E-state index in [1.807, 2.05) is 40.0 Å². The van der Waals surface area contributed by atoms with Gasteiger partial charge < -0.3 is 10.1 Å². The standard InChI is InChI=1S/C26H18N.C13H24O2.Ir/c1-18-13-14-26(27-17-18)21-9-6-8-19(15-21)25-16-20-7-2-3-10-22(20)23-11-4-5-12-24(23)25;1-5-10(6-2)12(14)9-13(15)11(7-3)8-4;/h2-8,10-17H,1H3;9-11,14H,5-8H2,1-4H3;/q-1;;/b;12-9-;. The molecule has 4 heteroatoms. The third-order valence-corrected chi connectivity index (χ3v) is 8.15. The van der Waals surface area contributed by atoms with E-state index in [4.69, 9.17) is 0 Å². The molecule has 0 fully saturated rings. The number of carbonyl (C=O) groups excluding carboxylic acids is 1. The maximum Gasteiger partial charge on any atom is 0.162 e. The summed E-state index contributed by atoms with van der Waals surface area (Å²) < 4.78 is 0. The van der Waals surface area contributed by atoms with Crippen molar-refractivity contribution in [1.29, 1.82) is 0 Å². The van der Waals surface area contributed by atoms with E-state index in [1.165, 1.54) is 38.7 Å². The number of benzene rings is 4. The topological polar surface area (TPSA) is 50.2 Å². The first-order valence-corrected chi connectivity index (χ1v) is 15.2. The molecule has 0 saturated heterocycles. The van der Waals surface area contributed by atoms with Crippen LogP contribution in [0.25, 0.3) is 43.9 Å². The van der Waals surface area contributed by atoms with Gasteiger partial charge in [0.05, 0.1) is 5.76 Å². The summed E-state index contributed by atoms with van der Waals surface area (Å²) in [5.41, 5.74) is 5.56. The third kappa shape index (κ3) is 8.28. The number of aryl methyl sites for hydroxylation is 1. The number of aliphatic hydroxyl groups is 1. The second-order valence-electron chi connectivity index (χ2n) is 10.9. The van der Waals surface area contributed by atoms with Crippen molar-refractivity contribution in [1.82, 2.24) is 4.98 Å². The van der Waals surface area contributed by atoms with Crippen LogP contribution >= 0.6 is 0 Å². The number of rotatable bonds is 9. The maximum atomic E-state index is 11.7. The Hall–Kier alpha value is -3.59. The third-order valence-electron chi connectivity index (χ3n) is 8.15. The number of fused-ring (bicyclic) bond motifs is 3. The Bertz CT molecular complexity index is 1660. The molecular weight excluding hydrogens is 707 g/mol. The molecule has 1 aromatic heterocycles. The molecule has 43 heavy (non-hydrogen) atoms. The first kappa shape index (κ1) is 33.9. The van der Waals surface area contributed by atoms with Crippen molar-refractivity contribution in [2.75, 3.05) is 0 Å². The number of ketones is 1. The zero-order valence-electron chi connectivity index (χ0n) is 25.9. The van der Waals surface area contributed by atoms with E-state index < -0.39 is 0 Å². The number of carbonyl (C=O) groups is 1. The van der Waals surface area contributed by atoms with Gasteiger partial charge >= 0.3 is 0 Å². The second-order valence-corrected chi connectivity index (χ2v) is 10.9. The fourth-order valence-corrected chi connectivity index (χ4v) is 5.48.